The highest BCUT2D eigenvalue weighted by atomic mass is 32.3. The second kappa shape index (κ2) is 10.9. The molecule has 23 heavy (non-hydrogen) atoms. The van der Waals surface area contributed by atoms with Crippen molar-refractivity contribution in [2.45, 2.75) is 13.1 Å². The molecule has 0 spiro atoms. The maximum Gasteiger partial charge on any atom is 0.394 e. The van der Waals surface area contributed by atoms with Crippen LogP contribution in [0.4, 0.5) is 0 Å². The lowest BCUT2D eigenvalue weighted by Gasteiger charge is -2.06. The summed E-state index contributed by atoms with van der Waals surface area (Å²) in [5.41, 5.74) is 2.67. The van der Waals surface area contributed by atoms with E-state index in [-0.39, 0.29) is 0 Å². The maximum atomic E-state index is 8.74. The molecule has 126 valence electrons. The maximum absolute atomic E-state index is 8.74. The highest BCUT2D eigenvalue weighted by Gasteiger charge is 1.92. The quantitative estimate of drug-likeness (QED) is 0.455. The van der Waals surface area contributed by atoms with Gasteiger partial charge in [0.15, 0.2) is 0 Å². The topological polar surface area (TPSA) is 98.7 Å². The monoisotopic (exact) mass is 338 g/mol. The third-order valence-corrected chi connectivity index (χ3v) is 2.82. The van der Waals surface area contributed by atoms with E-state index in [1.165, 1.54) is 11.1 Å². The first-order chi connectivity index (χ1) is 10.9. The van der Waals surface area contributed by atoms with Crippen molar-refractivity contribution in [3.63, 3.8) is 0 Å². The number of nitrogens with one attached hydrogen (secondary N) is 2. The Labute approximate surface area is 137 Å². The zero-order chi connectivity index (χ0) is 17.0. The van der Waals surface area contributed by atoms with Crippen molar-refractivity contribution in [3.8, 4) is 0 Å². The van der Waals surface area contributed by atoms with Gasteiger partial charge in [0.2, 0.25) is 0 Å². The summed E-state index contributed by atoms with van der Waals surface area (Å²) < 4.78 is 31.6. The minimum absolute atomic E-state index is 0.938. The average Bonchev–Trinajstić information content (AvgIpc) is 2.51. The molecule has 0 aliphatic heterocycles. The van der Waals surface area contributed by atoms with Crippen molar-refractivity contribution in [3.05, 3.63) is 71.8 Å². The minimum Gasteiger partial charge on any atom is -0.311 e. The Hall–Kier alpha value is -1.77. The summed E-state index contributed by atoms with van der Waals surface area (Å²) in [6.07, 6.45) is 0. The molecule has 0 bridgehead atoms. The van der Waals surface area contributed by atoms with Crippen LogP contribution >= 0.6 is 0 Å². The lowest BCUT2D eigenvalue weighted by atomic mass is 10.2. The van der Waals surface area contributed by atoms with E-state index in [1.807, 2.05) is 12.1 Å². The zero-order valence-corrected chi connectivity index (χ0v) is 13.5. The molecule has 2 aromatic carbocycles. The van der Waals surface area contributed by atoms with Crippen LogP contribution in [0.5, 0.6) is 0 Å². The normalized spacial score (nSPS) is 10.7. The summed E-state index contributed by atoms with van der Waals surface area (Å²) in [5.74, 6) is 0. The van der Waals surface area contributed by atoms with E-state index < -0.39 is 10.4 Å². The molecule has 6 nitrogen and oxygen atoms in total. The predicted molar refractivity (Wildman–Crippen MR) is 90.5 cm³/mol. The van der Waals surface area contributed by atoms with Gasteiger partial charge >= 0.3 is 10.4 Å². The standard InChI is InChI=1S/C16H20N2.H2O4S/c1-3-7-15(8-4-1)13-17-11-12-18-14-16-9-5-2-6-10-16;1-5(2,3)4/h1-10,17-18H,11-14H2;(H2,1,2,3,4). The van der Waals surface area contributed by atoms with Gasteiger partial charge in [0.05, 0.1) is 0 Å². The van der Waals surface area contributed by atoms with E-state index in [0.29, 0.717) is 0 Å². The van der Waals surface area contributed by atoms with Crippen LogP contribution in [-0.2, 0) is 23.5 Å². The Morgan fingerprint density at radius 2 is 1.00 bits per heavy atom. The molecule has 0 radical (unpaired) electrons. The zero-order valence-electron chi connectivity index (χ0n) is 12.7. The molecule has 7 heteroatoms. The Morgan fingerprint density at radius 3 is 1.30 bits per heavy atom. The molecule has 0 fully saturated rings. The Morgan fingerprint density at radius 1 is 0.696 bits per heavy atom. The fourth-order valence-corrected chi connectivity index (χ4v) is 1.83. The van der Waals surface area contributed by atoms with Crippen LogP contribution in [-0.4, -0.2) is 30.6 Å². The summed E-state index contributed by atoms with van der Waals surface area (Å²) in [6.45, 7) is 3.85. The van der Waals surface area contributed by atoms with Gasteiger partial charge in [-0.25, -0.2) is 0 Å². The SMILES string of the molecule is O=S(=O)(O)O.c1ccc(CNCCNCc2ccccc2)cc1. The van der Waals surface area contributed by atoms with E-state index >= 15 is 0 Å². The van der Waals surface area contributed by atoms with E-state index in [4.69, 9.17) is 17.5 Å². The number of rotatable bonds is 7. The van der Waals surface area contributed by atoms with Crippen LogP contribution in [0, 0.1) is 0 Å². The second-order valence-electron chi connectivity index (χ2n) is 4.77. The van der Waals surface area contributed by atoms with Crippen LogP contribution < -0.4 is 10.6 Å². The average molecular weight is 338 g/mol. The first-order valence-corrected chi connectivity index (χ1v) is 8.54. The molecular weight excluding hydrogens is 316 g/mol. The Kier molecular flexibility index (Phi) is 9.11. The fourth-order valence-electron chi connectivity index (χ4n) is 1.83. The highest BCUT2D eigenvalue weighted by Crippen LogP contribution is 1.97. The molecule has 0 aliphatic rings. The van der Waals surface area contributed by atoms with Gasteiger partial charge in [-0.15, -0.1) is 0 Å². The third-order valence-electron chi connectivity index (χ3n) is 2.82. The van der Waals surface area contributed by atoms with Crippen molar-refractivity contribution in [2.75, 3.05) is 13.1 Å². The van der Waals surface area contributed by atoms with Gasteiger partial charge in [0.25, 0.3) is 0 Å². The second-order valence-corrected chi connectivity index (χ2v) is 5.67. The van der Waals surface area contributed by atoms with Crippen molar-refractivity contribution in [1.29, 1.82) is 0 Å². The van der Waals surface area contributed by atoms with Gasteiger partial charge in [0.1, 0.15) is 0 Å². The van der Waals surface area contributed by atoms with E-state index in [2.05, 4.69) is 59.2 Å². The Balaban J connectivity index is 0.000000463. The summed E-state index contributed by atoms with van der Waals surface area (Å²) in [7, 11) is -4.67. The fraction of sp³-hybridized carbons (Fsp3) is 0.250. The number of hydrogen-bond acceptors (Lipinski definition) is 4. The van der Waals surface area contributed by atoms with Crippen molar-refractivity contribution >= 4 is 10.4 Å². The molecule has 0 saturated carbocycles. The summed E-state index contributed by atoms with van der Waals surface area (Å²) in [6, 6.07) is 21.0. The van der Waals surface area contributed by atoms with Gasteiger partial charge in [-0.2, -0.15) is 8.42 Å². The van der Waals surface area contributed by atoms with Gasteiger partial charge in [-0.1, -0.05) is 60.7 Å². The first-order valence-electron chi connectivity index (χ1n) is 7.14. The highest BCUT2D eigenvalue weighted by molar-refractivity contribution is 7.79. The third kappa shape index (κ3) is 12.5. The molecule has 0 heterocycles. The number of benzene rings is 2. The summed E-state index contributed by atoms with van der Waals surface area (Å²) >= 11 is 0. The molecular formula is C16H22N2O4S. The van der Waals surface area contributed by atoms with Crippen molar-refractivity contribution in [2.24, 2.45) is 0 Å². The van der Waals surface area contributed by atoms with E-state index in [1.54, 1.807) is 0 Å². The lowest BCUT2D eigenvalue weighted by molar-refractivity contribution is 0.381. The largest absolute Gasteiger partial charge is 0.394 e. The molecule has 0 saturated heterocycles. The smallest absolute Gasteiger partial charge is 0.311 e. The van der Waals surface area contributed by atoms with Crippen LogP contribution in [0.25, 0.3) is 0 Å². The van der Waals surface area contributed by atoms with E-state index in [0.717, 1.165) is 26.2 Å². The Bertz CT molecular complexity index is 582. The summed E-state index contributed by atoms with van der Waals surface area (Å²) in [4.78, 5) is 0. The summed E-state index contributed by atoms with van der Waals surface area (Å²) in [5, 5.41) is 6.85. The molecule has 0 unspecified atom stereocenters. The van der Waals surface area contributed by atoms with Gasteiger partial charge in [-0.3, -0.25) is 9.11 Å². The molecule has 2 aromatic rings. The molecule has 4 N–H and O–H groups in total. The molecule has 0 amide bonds. The van der Waals surface area contributed by atoms with Gasteiger partial charge < -0.3 is 10.6 Å². The van der Waals surface area contributed by atoms with Crippen LogP contribution in [0.3, 0.4) is 0 Å². The number of hydrogen-bond donors (Lipinski definition) is 4. The predicted octanol–water partition coefficient (Wildman–Crippen LogP) is 1.91. The van der Waals surface area contributed by atoms with Crippen molar-refractivity contribution in [1.82, 2.24) is 10.6 Å². The van der Waals surface area contributed by atoms with Crippen LogP contribution in [0.2, 0.25) is 0 Å². The molecule has 0 aliphatic carbocycles. The van der Waals surface area contributed by atoms with Crippen LogP contribution in [0.1, 0.15) is 11.1 Å². The molecule has 2 rings (SSSR count). The lowest BCUT2D eigenvalue weighted by Crippen LogP contribution is -2.26. The van der Waals surface area contributed by atoms with Crippen molar-refractivity contribution < 1.29 is 17.5 Å². The first kappa shape index (κ1) is 19.3. The van der Waals surface area contributed by atoms with Gasteiger partial charge in [-0.05, 0) is 11.1 Å². The van der Waals surface area contributed by atoms with Gasteiger partial charge in [0, 0.05) is 26.2 Å². The molecule has 0 atom stereocenters. The minimum atomic E-state index is -4.67. The molecule has 0 aromatic heterocycles. The van der Waals surface area contributed by atoms with E-state index in [9.17, 15) is 0 Å². The van der Waals surface area contributed by atoms with Crippen LogP contribution in [0.15, 0.2) is 60.7 Å².